The van der Waals surface area contributed by atoms with Crippen LogP contribution in [0.1, 0.15) is 21.8 Å². The number of furan rings is 1. The van der Waals surface area contributed by atoms with E-state index in [1.807, 2.05) is 54.6 Å². The number of hydrogen-bond donors (Lipinski definition) is 1. The topological polar surface area (TPSA) is 58.4 Å². The van der Waals surface area contributed by atoms with Gasteiger partial charge in [0, 0.05) is 24.1 Å². The molecule has 29 heavy (non-hydrogen) atoms. The molecule has 2 aromatic heterocycles. The number of nitrogens with zero attached hydrogens (tertiary/aromatic N) is 2. The second-order valence-corrected chi connectivity index (χ2v) is 6.57. The molecule has 0 fully saturated rings. The fraction of sp³-hybridized carbons (Fsp3) is 0.0833. The number of anilines is 2. The van der Waals surface area contributed by atoms with E-state index in [1.165, 1.54) is 5.56 Å². The van der Waals surface area contributed by atoms with Gasteiger partial charge < -0.3 is 14.6 Å². The molecule has 5 heteroatoms. The number of carbonyl (C=O) groups excluding carboxylic acids is 1. The molecule has 0 spiro atoms. The van der Waals surface area contributed by atoms with E-state index in [2.05, 4.69) is 39.5 Å². The van der Waals surface area contributed by atoms with E-state index in [4.69, 9.17) is 4.42 Å². The van der Waals surface area contributed by atoms with Crippen LogP contribution in [0.3, 0.4) is 0 Å². The zero-order valence-corrected chi connectivity index (χ0v) is 15.9. The zero-order valence-electron chi connectivity index (χ0n) is 15.9. The molecule has 2 heterocycles. The van der Waals surface area contributed by atoms with Gasteiger partial charge in [0.25, 0.3) is 5.91 Å². The highest BCUT2D eigenvalue weighted by molar-refractivity contribution is 5.93. The molecule has 4 rings (SSSR count). The third-order valence-corrected chi connectivity index (χ3v) is 4.54. The monoisotopic (exact) mass is 383 g/mol. The van der Waals surface area contributed by atoms with Gasteiger partial charge in [0.2, 0.25) is 0 Å². The van der Waals surface area contributed by atoms with Crippen molar-refractivity contribution in [1.82, 2.24) is 10.3 Å². The highest BCUT2D eigenvalue weighted by Crippen LogP contribution is 2.27. The molecule has 4 aromatic rings. The summed E-state index contributed by atoms with van der Waals surface area (Å²) in [6, 6.07) is 27.7. The molecule has 0 bridgehead atoms. The Morgan fingerprint density at radius 3 is 2.38 bits per heavy atom. The number of amides is 1. The lowest BCUT2D eigenvalue weighted by Gasteiger charge is -2.25. The Bertz CT molecular complexity index is 1050. The molecule has 0 aliphatic rings. The molecule has 0 atom stereocenters. The first kappa shape index (κ1) is 18.5. The standard InChI is InChI=1S/C24H21N3O2/c28-24(26-17-22-12-7-15-29-22)23-16-21(13-14-25-23)27(20-10-5-2-6-11-20)18-19-8-3-1-4-9-19/h1-16H,17-18H2,(H,26,28). The van der Waals surface area contributed by atoms with Crippen molar-refractivity contribution in [3.63, 3.8) is 0 Å². The predicted octanol–water partition coefficient (Wildman–Crippen LogP) is 4.94. The largest absolute Gasteiger partial charge is 0.467 e. The molecule has 0 saturated carbocycles. The predicted molar refractivity (Wildman–Crippen MR) is 113 cm³/mol. The van der Waals surface area contributed by atoms with Gasteiger partial charge in [-0.05, 0) is 42.0 Å². The van der Waals surface area contributed by atoms with Gasteiger partial charge in [-0.1, -0.05) is 48.5 Å². The van der Waals surface area contributed by atoms with Crippen LogP contribution in [0.4, 0.5) is 11.4 Å². The number of hydrogen-bond acceptors (Lipinski definition) is 4. The van der Waals surface area contributed by atoms with E-state index in [1.54, 1.807) is 18.5 Å². The molecule has 0 saturated heterocycles. The van der Waals surface area contributed by atoms with E-state index in [0.717, 1.165) is 11.4 Å². The van der Waals surface area contributed by atoms with Crippen LogP contribution in [-0.4, -0.2) is 10.9 Å². The van der Waals surface area contributed by atoms with E-state index >= 15 is 0 Å². The summed E-state index contributed by atoms with van der Waals surface area (Å²) in [5.41, 5.74) is 3.49. The summed E-state index contributed by atoms with van der Waals surface area (Å²) in [6.45, 7) is 1.01. The molecule has 0 radical (unpaired) electrons. The lowest BCUT2D eigenvalue weighted by Crippen LogP contribution is -2.24. The Kier molecular flexibility index (Phi) is 5.67. The maximum absolute atomic E-state index is 12.6. The van der Waals surface area contributed by atoms with Crippen LogP contribution in [0, 0.1) is 0 Å². The van der Waals surface area contributed by atoms with Crippen LogP contribution in [-0.2, 0) is 13.1 Å². The molecule has 144 valence electrons. The van der Waals surface area contributed by atoms with E-state index in [9.17, 15) is 4.79 Å². The van der Waals surface area contributed by atoms with Crippen molar-refractivity contribution in [2.24, 2.45) is 0 Å². The maximum Gasteiger partial charge on any atom is 0.270 e. The van der Waals surface area contributed by atoms with Crippen LogP contribution in [0.5, 0.6) is 0 Å². The number of para-hydroxylation sites is 1. The van der Waals surface area contributed by atoms with Crippen molar-refractivity contribution in [3.8, 4) is 0 Å². The average Bonchev–Trinajstić information content (AvgIpc) is 3.31. The van der Waals surface area contributed by atoms with Gasteiger partial charge in [-0.3, -0.25) is 9.78 Å². The lowest BCUT2D eigenvalue weighted by atomic mass is 10.1. The second-order valence-electron chi connectivity index (χ2n) is 6.57. The third-order valence-electron chi connectivity index (χ3n) is 4.54. The minimum Gasteiger partial charge on any atom is -0.467 e. The number of aromatic nitrogens is 1. The Hall–Kier alpha value is -3.86. The van der Waals surface area contributed by atoms with Gasteiger partial charge in [0.15, 0.2) is 0 Å². The van der Waals surface area contributed by atoms with Crippen molar-refractivity contribution >= 4 is 17.3 Å². The summed E-state index contributed by atoms with van der Waals surface area (Å²) in [5.74, 6) is 0.459. The van der Waals surface area contributed by atoms with E-state index < -0.39 is 0 Å². The number of carbonyl (C=O) groups is 1. The van der Waals surface area contributed by atoms with Crippen LogP contribution in [0.25, 0.3) is 0 Å². The number of pyridine rings is 1. The molecular formula is C24H21N3O2. The molecule has 1 N–H and O–H groups in total. The zero-order chi connectivity index (χ0) is 19.9. The Morgan fingerprint density at radius 2 is 1.66 bits per heavy atom. The van der Waals surface area contributed by atoms with Crippen molar-refractivity contribution in [2.45, 2.75) is 13.1 Å². The second kappa shape index (κ2) is 8.89. The first-order chi connectivity index (χ1) is 14.3. The summed E-state index contributed by atoms with van der Waals surface area (Å²) < 4.78 is 5.26. The smallest absolute Gasteiger partial charge is 0.270 e. The van der Waals surface area contributed by atoms with Gasteiger partial charge in [-0.25, -0.2) is 0 Å². The van der Waals surface area contributed by atoms with Crippen LogP contribution < -0.4 is 10.2 Å². The molecule has 0 aliphatic carbocycles. The fourth-order valence-corrected chi connectivity index (χ4v) is 3.09. The third kappa shape index (κ3) is 4.71. The Labute approximate surface area is 169 Å². The molecule has 2 aromatic carbocycles. The van der Waals surface area contributed by atoms with Crippen molar-refractivity contribution in [1.29, 1.82) is 0 Å². The molecule has 0 unspecified atom stereocenters. The highest BCUT2D eigenvalue weighted by Gasteiger charge is 2.14. The van der Waals surface area contributed by atoms with Crippen molar-refractivity contribution in [3.05, 3.63) is 114 Å². The lowest BCUT2D eigenvalue weighted by molar-refractivity contribution is 0.0943. The van der Waals surface area contributed by atoms with Crippen molar-refractivity contribution in [2.75, 3.05) is 4.90 Å². The van der Waals surface area contributed by atoms with E-state index in [0.29, 0.717) is 24.5 Å². The van der Waals surface area contributed by atoms with Crippen LogP contribution >= 0.6 is 0 Å². The number of rotatable bonds is 7. The van der Waals surface area contributed by atoms with Gasteiger partial charge >= 0.3 is 0 Å². The first-order valence-corrected chi connectivity index (χ1v) is 9.43. The van der Waals surface area contributed by atoms with Crippen LogP contribution in [0.15, 0.2) is 102 Å². The molecule has 1 amide bonds. The molecular weight excluding hydrogens is 362 g/mol. The summed E-state index contributed by atoms with van der Waals surface area (Å²) in [7, 11) is 0. The highest BCUT2D eigenvalue weighted by atomic mass is 16.3. The maximum atomic E-state index is 12.6. The van der Waals surface area contributed by atoms with Crippen molar-refractivity contribution < 1.29 is 9.21 Å². The van der Waals surface area contributed by atoms with Gasteiger partial charge in [0.1, 0.15) is 11.5 Å². The first-order valence-electron chi connectivity index (χ1n) is 9.43. The normalized spacial score (nSPS) is 10.5. The van der Waals surface area contributed by atoms with E-state index in [-0.39, 0.29) is 5.91 Å². The Balaban J connectivity index is 1.59. The minimum absolute atomic E-state index is 0.240. The quantitative estimate of drug-likeness (QED) is 0.491. The molecule has 5 nitrogen and oxygen atoms in total. The minimum atomic E-state index is -0.240. The number of benzene rings is 2. The Morgan fingerprint density at radius 1 is 0.897 bits per heavy atom. The summed E-state index contributed by atoms with van der Waals surface area (Å²) in [6.07, 6.45) is 3.25. The SMILES string of the molecule is O=C(NCc1ccco1)c1cc(N(Cc2ccccc2)c2ccccc2)ccn1. The van der Waals surface area contributed by atoms with Crippen LogP contribution in [0.2, 0.25) is 0 Å². The summed E-state index contributed by atoms with van der Waals surface area (Å²) >= 11 is 0. The molecule has 0 aliphatic heterocycles. The van der Waals surface area contributed by atoms with Gasteiger partial charge in [0.05, 0.1) is 12.8 Å². The van der Waals surface area contributed by atoms with Gasteiger partial charge in [-0.15, -0.1) is 0 Å². The number of nitrogens with one attached hydrogen (secondary N) is 1. The summed E-state index contributed by atoms with van der Waals surface area (Å²) in [5, 5.41) is 2.84. The summed E-state index contributed by atoms with van der Waals surface area (Å²) in [4.78, 5) is 19.0. The fourth-order valence-electron chi connectivity index (χ4n) is 3.09. The average molecular weight is 383 g/mol. The van der Waals surface area contributed by atoms with Gasteiger partial charge in [-0.2, -0.15) is 0 Å².